The Balaban J connectivity index is 0.00000259. The molecule has 2 aromatic heterocycles. The molecule has 1 N–H and O–H groups in total. The summed E-state index contributed by atoms with van der Waals surface area (Å²) in [5.74, 6) is -0.863. The number of carboxylic acids is 1. The zero-order valence-electron chi connectivity index (χ0n) is 17.9. The molecule has 3 aromatic rings. The molecular formula is C22H23ClFN5O4. The molecule has 2 aliphatic rings. The standard InChI is InChI=1S/C22H22FN5O4.ClH/c1-13-12-32-21-18-14(20(29)15(22(30)31)11-28(13)18)9-16(23)19(21)27-6-2-5-26(7-8-27)17-10-24-3-4-25-17;/h3-4,9-11,13H,2,5-8,12H2,1H3,(H,30,31);1H/t13-;/m0./s1. The van der Waals surface area contributed by atoms with Gasteiger partial charge in [-0.25, -0.2) is 14.2 Å². The molecule has 0 bridgehead atoms. The van der Waals surface area contributed by atoms with Gasteiger partial charge in [-0.1, -0.05) is 0 Å². The van der Waals surface area contributed by atoms with Crippen LogP contribution in [0.4, 0.5) is 15.9 Å². The summed E-state index contributed by atoms with van der Waals surface area (Å²) in [5, 5.41) is 9.45. The van der Waals surface area contributed by atoms with Crippen molar-refractivity contribution in [2.45, 2.75) is 19.4 Å². The number of aromatic nitrogens is 3. The highest BCUT2D eigenvalue weighted by molar-refractivity contribution is 5.97. The van der Waals surface area contributed by atoms with Crippen LogP contribution in [0, 0.1) is 5.82 Å². The molecule has 9 nitrogen and oxygen atoms in total. The Morgan fingerprint density at radius 1 is 1.21 bits per heavy atom. The van der Waals surface area contributed by atoms with E-state index >= 15 is 4.39 Å². The zero-order chi connectivity index (χ0) is 22.4. The quantitative estimate of drug-likeness (QED) is 0.617. The monoisotopic (exact) mass is 475 g/mol. The molecule has 0 aliphatic carbocycles. The van der Waals surface area contributed by atoms with Crippen LogP contribution in [0.15, 0.2) is 35.6 Å². The molecule has 4 heterocycles. The highest BCUT2D eigenvalue weighted by Gasteiger charge is 2.31. The number of hydrogen-bond acceptors (Lipinski definition) is 7. The van der Waals surface area contributed by atoms with Crippen LogP contribution >= 0.6 is 12.4 Å². The highest BCUT2D eigenvalue weighted by atomic mass is 35.5. The van der Waals surface area contributed by atoms with Crippen LogP contribution in [-0.2, 0) is 0 Å². The van der Waals surface area contributed by atoms with Gasteiger partial charge in [-0.05, 0) is 19.4 Å². The van der Waals surface area contributed by atoms with Gasteiger partial charge in [0, 0.05) is 44.8 Å². The maximum atomic E-state index is 15.4. The van der Waals surface area contributed by atoms with E-state index in [-0.39, 0.29) is 36.0 Å². The predicted octanol–water partition coefficient (Wildman–Crippen LogP) is 2.72. The lowest BCUT2D eigenvalue weighted by Gasteiger charge is -2.32. The number of pyridine rings is 1. The van der Waals surface area contributed by atoms with Crippen LogP contribution < -0.4 is 20.0 Å². The minimum atomic E-state index is -1.33. The summed E-state index contributed by atoms with van der Waals surface area (Å²) in [7, 11) is 0. The van der Waals surface area contributed by atoms with Crippen LogP contribution in [0.5, 0.6) is 5.75 Å². The Hall–Kier alpha value is -3.40. The number of rotatable bonds is 3. The van der Waals surface area contributed by atoms with Gasteiger partial charge in [-0.3, -0.25) is 9.78 Å². The van der Waals surface area contributed by atoms with Gasteiger partial charge in [0.15, 0.2) is 11.6 Å². The van der Waals surface area contributed by atoms with E-state index in [1.54, 1.807) is 23.2 Å². The molecular weight excluding hydrogens is 453 g/mol. The lowest BCUT2D eigenvalue weighted by Crippen LogP contribution is -2.33. The van der Waals surface area contributed by atoms with Crippen molar-refractivity contribution < 1.29 is 19.0 Å². The third kappa shape index (κ3) is 3.84. The molecule has 5 rings (SSSR count). The summed E-state index contributed by atoms with van der Waals surface area (Å²) >= 11 is 0. The number of carbonyl (C=O) groups is 1. The number of hydrogen-bond donors (Lipinski definition) is 1. The smallest absolute Gasteiger partial charge is 0.341 e. The molecule has 174 valence electrons. The third-order valence-corrected chi connectivity index (χ3v) is 6.06. The molecule has 1 fully saturated rings. The van der Waals surface area contributed by atoms with Gasteiger partial charge >= 0.3 is 5.97 Å². The van der Waals surface area contributed by atoms with E-state index in [0.717, 1.165) is 24.8 Å². The zero-order valence-corrected chi connectivity index (χ0v) is 18.7. The van der Waals surface area contributed by atoms with Crippen molar-refractivity contribution in [1.82, 2.24) is 14.5 Å². The highest BCUT2D eigenvalue weighted by Crippen LogP contribution is 2.42. The van der Waals surface area contributed by atoms with Crippen LogP contribution in [0.2, 0.25) is 0 Å². The van der Waals surface area contributed by atoms with Crippen LogP contribution in [-0.4, -0.2) is 58.4 Å². The number of ether oxygens (including phenoxy) is 1. The number of aromatic carboxylic acids is 1. The van der Waals surface area contributed by atoms with E-state index in [2.05, 4.69) is 14.9 Å². The summed E-state index contributed by atoms with van der Waals surface area (Å²) < 4.78 is 23.1. The summed E-state index contributed by atoms with van der Waals surface area (Å²) in [6.07, 6.45) is 7.08. The Kier molecular flexibility index (Phi) is 6.11. The molecule has 0 spiro atoms. The Labute approximate surface area is 194 Å². The van der Waals surface area contributed by atoms with Gasteiger partial charge in [0.1, 0.15) is 23.7 Å². The lowest BCUT2D eigenvalue weighted by molar-refractivity contribution is 0.0694. The predicted molar refractivity (Wildman–Crippen MR) is 124 cm³/mol. The first-order chi connectivity index (χ1) is 15.5. The van der Waals surface area contributed by atoms with Crippen molar-refractivity contribution in [3.05, 3.63) is 52.5 Å². The molecule has 1 saturated heterocycles. The van der Waals surface area contributed by atoms with E-state index in [1.165, 1.54) is 6.20 Å². The van der Waals surface area contributed by atoms with E-state index in [0.29, 0.717) is 36.6 Å². The van der Waals surface area contributed by atoms with Crippen LogP contribution in [0.3, 0.4) is 0 Å². The lowest BCUT2D eigenvalue weighted by atomic mass is 10.1. The summed E-state index contributed by atoms with van der Waals surface area (Å²) in [5.41, 5.74) is -0.344. The first kappa shape index (κ1) is 22.8. The molecule has 1 aromatic carbocycles. The Morgan fingerprint density at radius 3 is 2.70 bits per heavy atom. The summed E-state index contributed by atoms with van der Waals surface area (Å²) in [6, 6.07) is 0.949. The fraction of sp³-hybridized carbons (Fsp3) is 0.364. The first-order valence-electron chi connectivity index (χ1n) is 10.5. The van der Waals surface area contributed by atoms with Gasteiger partial charge < -0.3 is 24.2 Å². The first-order valence-corrected chi connectivity index (χ1v) is 10.5. The van der Waals surface area contributed by atoms with E-state index in [1.807, 2.05) is 11.8 Å². The average Bonchev–Trinajstić information content (AvgIpc) is 3.04. The van der Waals surface area contributed by atoms with E-state index in [9.17, 15) is 14.7 Å². The second-order valence-corrected chi connectivity index (χ2v) is 8.07. The minimum Gasteiger partial charge on any atom is -0.487 e. The van der Waals surface area contributed by atoms with Gasteiger partial charge in [0.25, 0.3) is 0 Å². The van der Waals surface area contributed by atoms with Crippen molar-refractivity contribution in [2.24, 2.45) is 0 Å². The number of nitrogens with zero attached hydrogens (tertiary/aromatic N) is 5. The molecule has 0 saturated carbocycles. The maximum Gasteiger partial charge on any atom is 0.341 e. The minimum absolute atomic E-state index is 0. The van der Waals surface area contributed by atoms with Crippen molar-refractivity contribution in [3.8, 4) is 5.75 Å². The fourth-order valence-corrected chi connectivity index (χ4v) is 4.48. The second-order valence-electron chi connectivity index (χ2n) is 8.07. The molecule has 33 heavy (non-hydrogen) atoms. The van der Waals surface area contributed by atoms with E-state index < -0.39 is 17.2 Å². The SMILES string of the molecule is C[C@H]1COc2c(N3CCCN(c4cnccn4)CC3)c(F)cc3c(=O)c(C(=O)O)cn1c23.Cl. The normalized spacial score (nSPS) is 17.8. The molecule has 1 atom stereocenters. The molecule has 2 aliphatic heterocycles. The number of anilines is 2. The molecule has 0 amide bonds. The number of carboxylic acid groups (broad SMARTS) is 1. The van der Waals surface area contributed by atoms with Crippen molar-refractivity contribution in [2.75, 3.05) is 42.6 Å². The molecule has 0 unspecified atom stereocenters. The Bertz CT molecular complexity index is 1270. The summed E-state index contributed by atoms with van der Waals surface area (Å²) in [4.78, 5) is 36.8. The average molecular weight is 476 g/mol. The number of halogens is 2. The maximum absolute atomic E-state index is 15.4. The van der Waals surface area contributed by atoms with Gasteiger partial charge in [-0.15, -0.1) is 12.4 Å². The topological polar surface area (TPSA) is 101 Å². The van der Waals surface area contributed by atoms with Crippen molar-refractivity contribution in [3.63, 3.8) is 0 Å². The molecule has 0 radical (unpaired) electrons. The summed E-state index contributed by atoms with van der Waals surface area (Å²) in [6.45, 7) is 4.62. The largest absolute Gasteiger partial charge is 0.487 e. The van der Waals surface area contributed by atoms with Crippen LogP contribution in [0.25, 0.3) is 10.9 Å². The Morgan fingerprint density at radius 2 is 1.97 bits per heavy atom. The van der Waals surface area contributed by atoms with Gasteiger partial charge in [-0.2, -0.15) is 0 Å². The van der Waals surface area contributed by atoms with Gasteiger partial charge in [0.2, 0.25) is 5.43 Å². The van der Waals surface area contributed by atoms with E-state index in [4.69, 9.17) is 4.74 Å². The fourth-order valence-electron chi connectivity index (χ4n) is 4.48. The second kappa shape index (κ2) is 8.86. The third-order valence-electron chi connectivity index (χ3n) is 6.06. The molecule has 11 heteroatoms. The van der Waals surface area contributed by atoms with Gasteiger partial charge in [0.05, 0.1) is 23.1 Å². The van der Waals surface area contributed by atoms with Crippen molar-refractivity contribution >= 4 is 40.8 Å². The van der Waals surface area contributed by atoms with Crippen LogP contribution in [0.1, 0.15) is 29.7 Å². The van der Waals surface area contributed by atoms with Crippen molar-refractivity contribution in [1.29, 1.82) is 0 Å². The number of benzene rings is 1.